The number of Topliss-reactive ketones (excluding diaryl/α,β-unsaturated/α-hetero) is 1. The molecule has 33 nitrogen and oxygen atoms in total. The fourth-order valence-corrected chi connectivity index (χ4v) is 14.3. The van der Waals surface area contributed by atoms with Crippen LogP contribution in [0.2, 0.25) is 0 Å². The summed E-state index contributed by atoms with van der Waals surface area (Å²) in [6.45, 7) is 18.6. The zero-order chi connectivity index (χ0) is 74.8. The fraction of sp³-hybridized carbons (Fsp3) is 0.706. The number of allylic oxidation sites excluding steroid dienone is 2. The number of hydrogen-bond donors (Lipinski definition) is 18. The molecule has 25 atom stereocenters. The number of piperidine rings is 1. The van der Waals surface area contributed by atoms with Gasteiger partial charge in [-0.3, -0.25) is 29.2 Å². The minimum atomic E-state index is -1.96. The van der Waals surface area contributed by atoms with Gasteiger partial charge in [0.2, 0.25) is 5.91 Å². The summed E-state index contributed by atoms with van der Waals surface area (Å²) in [4.78, 5) is 66.2. The van der Waals surface area contributed by atoms with Gasteiger partial charge in [0.15, 0.2) is 24.0 Å². The van der Waals surface area contributed by atoms with Gasteiger partial charge in [0.1, 0.15) is 95.8 Å². The summed E-state index contributed by atoms with van der Waals surface area (Å²) in [6, 6.07) is -3.45. The average molecular weight is 1430 g/mol. The van der Waals surface area contributed by atoms with E-state index < -0.39 is 193 Å². The van der Waals surface area contributed by atoms with Crippen molar-refractivity contribution in [3.63, 3.8) is 0 Å². The number of benzene rings is 2. The van der Waals surface area contributed by atoms with Crippen molar-refractivity contribution in [1.82, 2.24) is 10.2 Å². The second-order valence-electron chi connectivity index (χ2n) is 28.3. The molecule has 1 aliphatic carbocycles. The standard InChI is InChI=1S/C46H62N4O11.C22H43N5O13/c1-22(2)21-50-18-16-46(17-19-50)48-34-31-32-39(54)28(8)42-33(31)43(56)45(10,61-42)59-20-15-30(58-11)25(5)41(60-29(9)51)27(7)38(53)26(6)37(52)23(3)13-12-14-24(4)44(57)47-36(40(32)55)35(34)49-46;23-2-1-8(29)20(36)27-7-3-6(25)18(39-22-16(34)15(33)13(31)9(4-24)37-22)17(35)19(7)40-21-14(32)11(26)12(30)10(5-28)38-21/h12-15,20,22-23,25-27,30,37-38,41,52-55H,16-19,21H2,1-11H3,(H,47,57);6-19,21-22,28-35H,1-5,23-26H2,(H,27,36)/b13-12+,20-15+,24-14-;/t23-,25+,26+,27+,30-,37-,38+,41+,45-;6-,7+,8-,9+,10+,11-,12+,13+,14+,15-,16+,17-,18+,19-,21+,22+/m00/s1. The van der Waals surface area contributed by atoms with Crippen LogP contribution in [-0.2, 0) is 47.5 Å². The van der Waals surface area contributed by atoms with E-state index in [1.807, 2.05) is 0 Å². The van der Waals surface area contributed by atoms with Gasteiger partial charge in [-0.05, 0) is 45.2 Å². The summed E-state index contributed by atoms with van der Waals surface area (Å²) in [6.07, 6.45) is -14.8. The van der Waals surface area contributed by atoms with Crippen molar-refractivity contribution in [1.29, 1.82) is 0 Å². The predicted molar refractivity (Wildman–Crippen MR) is 359 cm³/mol. The lowest BCUT2D eigenvalue weighted by atomic mass is 9.78. The number of phenolic OH excluding ortho intramolecular Hbond substituents is 2. The van der Waals surface area contributed by atoms with Crippen LogP contribution in [0.15, 0.2) is 46.1 Å². The Morgan fingerprint density at radius 2 is 1.43 bits per heavy atom. The first-order valence-corrected chi connectivity index (χ1v) is 34.3. The number of ketones is 1. The van der Waals surface area contributed by atoms with Gasteiger partial charge in [-0.25, -0.2) is 0 Å². The number of aliphatic hydroxyl groups is 10. The molecule has 9 rings (SSSR count). The van der Waals surface area contributed by atoms with Gasteiger partial charge in [-0.1, -0.05) is 59.8 Å². The quantitative estimate of drug-likeness (QED) is 0.0640. The van der Waals surface area contributed by atoms with Crippen LogP contribution < -0.4 is 49.0 Å². The molecule has 3 saturated heterocycles. The summed E-state index contributed by atoms with van der Waals surface area (Å²) >= 11 is 0. The Balaban J connectivity index is 0.000000281. The van der Waals surface area contributed by atoms with Crippen molar-refractivity contribution >= 4 is 40.0 Å². The second-order valence-corrected chi connectivity index (χ2v) is 28.3. The number of carbonyl (C=O) groups is 4. The largest absolute Gasteiger partial charge is 0.507 e. The molecule has 4 bridgehead atoms. The lowest BCUT2D eigenvalue weighted by Gasteiger charge is -2.49. The molecule has 0 aromatic heterocycles. The molecule has 2 amide bonds. The number of hydrogen-bond acceptors (Lipinski definition) is 31. The molecule has 6 heterocycles. The number of anilines is 1. The number of rotatable bonds is 14. The minimum Gasteiger partial charge on any atom is -0.507 e. The number of nitrogens with zero attached hydrogens (tertiary/aromatic N) is 3. The molecule has 1 spiro atoms. The van der Waals surface area contributed by atoms with E-state index in [1.165, 1.54) is 27.2 Å². The van der Waals surface area contributed by atoms with E-state index in [0.29, 0.717) is 31.8 Å². The first-order chi connectivity index (χ1) is 47.5. The van der Waals surface area contributed by atoms with Crippen molar-refractivity contribution in [2.45, 2.75) is 229 Å². The SMILES string of the molecule is CO[C@H]1/C=C/O[C@@]2(C)Oc3c(C)c(O)c4c(O)c(c5c(c4c3C2=O)=NC2(CCN(CC(C)C)CC2)N=5)NC(=O)/C(C)=C\C=C\[C@H](C)[C@H](O)[C@@H](C)[C@@H](O)[C@@H](C)[C@H](OC(C)=O)[C@@H]1C.NCC[C@H](O)C(=O)N[C@@H]1C[C@H](N)[C@@H](O[C@H]2O[C@H](CN)[C@@H](O)[C@H](O)[C@H]2O)[C@H](O)[C@H]1O[C@H]1O[C@H](CO)[C@@H](O)[C@H](N)[C@H]1O. The number of nitrogens with two attached hydrogens (primary N) is 4. The highest BCUT2D eigenvalue weighted by Gasteiger charge is 2.54. The van der Waals surface area contributed by atoms with Gasteiger partial charge in [0, 0.05) is 106 Å². The summed E-state index contributed by atoms with van der Waals surface area (Å²) < 4.78 is 46.5. The molecule has 33 heteroatoms. The molecule has 1 saturated carbocycles. The molecule has 0 unspecified atom stereocenters. The second kappa shape index (κ2) is 33.4. The highest BCUT2D eigenvalue weighted by molar-refractivity contribution is 6.19. The Labute approximate surface area is 584 Å². The number of esters is 1. The average Bonchev–Trinajstić information content (AvgIpc) is 1.56. The Kier molecular flexibility index (Phi) is 26.7. The summed E-state index contributed by atoms with van der Waals surface area (Å²) in [5.74, 6) is -7.29. The highest BCUT2D eigenvalue weighted by atomic mass is 16.7. The molecule has 2 aromatic rings. The van der Waals surface area contributed by atoms with Gasteiger partial charge in [-0.2, -0.15) is 0 Å². The maximum Gasteiger partial charge on any atom is 0.312 e. The smallest absolute Gasteiger partial charge is 0.312 e. The Hall–Kier alpha value is -6.00. The lowest BCUT2D eigenvalue weighted by molar-refractivity contribution is -0.332. The zero-order valence-corrected chi connectivity index (χ0v) is 58.8. The first-order valence-electron chi connectivity index (χ1n) is 34.3. The Morgan fingerprint density at radius 1 is 0.792 bits per heavy atom. The van der Waals surface area contributed by atoms with Gasteiger partial charge in [0.05, 0.1) is 59.6 Å². The fourth-order valence-electron chi connectivity index (χ4n) is 14.3. The third-order valence-corrected chi connectivity index (χ3v) is 20.4. The summed E-state index contributed by atoms with van der Waals surface area (Å²) in [5.41, 5.74) is 22.5. The zero-order valence-electron chi connectivity index (χ0n) is 58.8. The highest BCUT2D eigenvalue weighted by Crippen LogP contribution is 2.50. The van der Waals surface area contributed by atoms with E-state index in [2.05, 4.69) is 29.4 Å². The summed E-state index contributed by atoms with van der Waals surface area (Å²) in [5, 5.41) is 135. The van der Waals surface area contributed by atoms with Crippen LogP contribution in [0.4, 0.5) is 5.69 Å². The van der Waals surface area contributed by atoms with E-state index >= 15 is 0 Å². The number of likely N-dealkylation sites (tertiary alicyclic amines) is 1. The maximum atomic E-state index is 14.7. The van der Waals surface area contributed by atoms with E-state index in [9.17, 15) is 80.5 Å². The minimum absolute atomic E-state index is 0.0101. The number of nitrogens with one attached hydrogen (secondary N) is 2. The lowest BCUT2D eigenvalue weighted by Crippen LogP contribution is -2.69. The number of ether oxygens (including phenoxy) is 8. The Morgan fingerprint density at radius 3 is 2.04 bits per heavy atom. The van der Waals surface area contributed by atoms with E-state index in [-0.39, 0.29) is 81.3 Å². The monoisotopic (exact) mass is 1430 g/mol. The number of aromatic hydroxyl groups is 2. The third kappa shape index (κ3) is 16.9. The number of fused-ring (bicyclic) bond motifs is 1. The molecule has 566 valence electrons. The molecule has 4 fully saturated rings. The number of carbonyl (C=O) groups excluding carboxylic acids is 4. The molecule has 0 radical (unpaired) electrons. The third-order valence-electron chi connectivity index (χ3n) is 20.4. The van der Waals surface area contributed by atoms with E-state index in [4.69, 9.17) is 70.8 Å². The predicted octanol–water partition coefficient (Wildman–Crippen LogP) is -3.67. The molecule has 7 aliphatic rings. The molecular formula is C68H105N9O24. The van der Waals surface area contributed by atoms with Crippen LogP contribution in [0.25, 0.3) is 10.8 Å². The van der Waals surface area contributed by atoms with Gasteiger partial charge in [0.25, 0.3) is 11.7 Å². The Bertz CT molecular complexity index is 3500. The molecule has 22 N–H and O–H groups in total. The van der Waals surface area contributed by atoms with Crippen molar-refractivity contribution < 1.29 is 118 Å². The topological polar surface area (TPSA) is 541 Å². The number of methoxy groups -OCH3 is 1. The molecule has 2 aromatic carbocycles. The van der Waals surface area contributed by atoms with Crippen LogP contribution in [0.5, 0.6) is 17.2 Å². The normalized spacial score (nSPS) is 38.4. The van der Waals surface area contributed by atoms with Crippen molar-refractivity contribution in [2.75, 3.05) is 51.8 Å². The first kappa shape index (κ1) is 80.7. The molecule has 6 aliphatic heterocycles. The van der Waals surface area contributed by atoms with Gasteiger partial charge in [-0.15, -0.1) is 0 Å². The molecular weight excluding hydrogens is 1330 g/mol. The van der Waals surface area contributed by atoms with Crippen LogP contribution in [-0.4, -0.2) is 270 Å². The molecule has 101 heavy (non-hydrogen) atoms. The van der Waals surface area contributed by atoms with Crippen LogP contribution in [0.1, 0.15) is 104 Å². The van der Waals surface area contributed by atoms with E-state index in [1.54, 1.807) is 65.8 Å². The number of aliphatic hydroxyl groups excluding tert-OH is 10. The number of phenols is 2. The van der Waals surface area contributed by atoms with Gasteiger partial charge >= 0.3 is 11.8 Å². The maximum absolute atomic E-state index is 14.7. The van der Waals surface area contributed by atoms with Crippen molar-refractivity contribution in [3.8, 4) is 17.2 Å². The van der Waals surface area contributed by atoms with Crippen LogP contribution in [0, 0.1) is 36.5 Å². The van der Waals surface area contributed by atoms with Crippen LogP contribution in [0.3, 0.4) is 0 Å². The van der Waals surface area contributed by atoms with Crippen molar-refractivity contribution in [2.24, 2.45) is 62.5 Å². The summed E-state index contributed by atoms with van der Waals surface area (Å²) in [7, 11) is 1.47. The van der Waals surface area contributed by atoms with Gasteiger partial charge < -0.3 is 138 Å². The van der Waals surface area contributed by atoms with Crippen molar-refractivity contribution in [3.05, 3.63) is 58.0 Å². The van der Waals surface area contributed by atoms with Crippen LogP contribution >= 0.6 is 0 Å². The van der Waals surface area contributed by atoms with E-state index in [0.717, 1.165) is 6.54 Å². The number of amides is 2.